The predicted molar refractivity (Wildman–Crippen MR) is 121 cm³/mol. The topological polar surface area (TPSA) is 119 Å². The Bertz CT molecular complexity index is 1180. The molecule has 1 fully saturated rings. The van der Waals surface area contributed by atoms with Gasteiger partial charge in [-0.1, -0.05) is 12.1 Å². The molecule has 0 amide bonds. The summed E-state index contributed by atoms with van der Waals surface area (Å²) in [7, 11) is 0. The maximum Gasteiger partial charge on any atom is 0.353 e. The summed E-state index contributed by atoms with van der Waals surface area (Å²) in [5, 5.41) is 14.9. The number of nitrogens with one attached hydrogen (secondary N) is 1. The Morgan fingerprint density at radius 3 is 2.70 bits per heavy atom. The summed E-state index contributed by atoms with van der Waals surface area (Å²) in [6.45, 7) is 5.60. The molecule has 0 aliphatic carbocycles. The third-order valence-electron chi connectivity index (χ3n) is 5.64. The SMILES string of the molecule is Cc1cccc(Nc2ncnc(N3CCN(Cc4ccc5c(c4)OCO5)CC3)c2[N+](=O)[O-])n1. The Kier molecular flexibility index (Phi) is 5.61. The molecule has 0 bridgehead atoms. The number of rotatable bonds is 6. The van der Waals surface area contributed by atoms with Crippen LogP contribution < -0.4 is 19.7 Å². The molecule has 0 atom stereocenters. The number of piperazine rings is 1. The largest absolute Gasteiger partial charge is 0.454 e. The van der Waals surface area contributed by atoms with Crippen LogP contribution in [0, 0.1) is 17.0 Å². The number of ether oxygens (including phenoxy) is 2. The second-order valence-corrected chi connectivity index (χ2v) is 7.89. The summed E-state index contributed by atoms with van der Waals surface area (Å²) < 4.78 is 10.8. The van der Waals surface area contributed by atoms with Crippen molar-refractivity contribution in [3.63, 3.8) is 0 Å². The fraction of sp³-hybridized carbons (Fsp3) is 0.318. The van der Waals surface area contributed by atoms with Crippen LogP contribution in [0.5, 0.6) is 11.5 Å². The first-order valence-electron chi connectivity index (χ1n) is 10.6. The van der Waals surface area contributed by atoms with Crippen molar-refractivity contribution in [1.82, 2.24) is 19.9 Å². The zero-order valence-corrected chi connectivity index (χ0v) is 18.1. The van der Waals surface area contributed by atoms with Gasteiger partial charge in [-0.2, -0.15) is 0 Å². The molecule has 2 aliphatic heterocycles. The van der Waals surface area contributed by atoms with E-state index in [1.165, 1.54) is 6.33 Å². The molecule has 5 rings (SSSR count). The Morgan fingerprint density at radius 2 is 1.91 bits per heavy atom. The summed E-state index contributed by atoms with van der Waals surface area (Å²) in [5.74, 6) is 2.48. The maximum absolute atomic E-state index is 11.9. The second kappa shape index (κ2) is 8.87. The molecule has 1 aromatic carbocycles. The van der Waals surface area contributed by atoms with Crippen molar-refractivity contribution in [3.8, 4) is 11.5 Å². The molecule has 4 heterocycles. The van der Waals surface area contributed by atoms with E-state index in [4.69, 9.17) is 9.47 Å². The number of nitrogens with zero attached hydrogens (tertiary/aromatic N) is 6. The lowest BCUT2D eigenvalue weighted by atomic mass is 10.1. The molecule has 11 nitrogen and oxygen atoms in total. The van der Waals surface area contributed by atoms with Crippen LogP contribution in [0.1, 0.15) is 11.3 Å². The first kappa shape index (κ1) is 20.9. The van der Waals surface area contributed by atoms with Gasteiger partial charge in [0.15, 0.2) is 11.5 Å². The van der Waals surface area contributed by atoms with Gasteiger partial charge in [-0.3, -0.25) is 15.0 Å². The predicted octanol–water partition coefficient (Wildman–Crippen LogP) is 2.88. The molecule has 33 heavy (non-hydrogen) atoms. The minimum atomic E-state index is -0.438. The van der Waals surface area contributed by atoms with Gasteiger partial charge in [0.25, 0.3) is 0 Å². The van der Waals surface area contributed by atoms with Crippen LogP contribution >= 0.6 is 0 Å². The van der Waals surface area contributed by atoms with Crippen molar-refractivity contribution in [3.05, 3.63) is 64.1 Å². The van der Waals surface area contributed by atoms with Crippen molar-refractivity contribution in [2.24, 2.45) is 0 Å². The van der Waals surface area contributed by atoms with Gasteiger partial charge in [-0.25, -0.2) is 15.0 Å². The lowest BCUT2D eigenvalue weighted by Gasteiger charge is -2.35. The Balaban J connectivity index is 1.29. The maximum atomic E-state index is 11.9. The molecule has 0 radical (unpaired) electrons. The first-order valence-corrected chi connectivity index (χ1v) is 10.6. The highest BCUT2D eigenvalue weighted by molar-refractivity contribution is 5.73. The Labute approximate surface area is 190 Å². The second-order valence-electron chi connectivity index (χ2n) is 7.89. The van der Waals surface area contributed by atoms with Gasteiger partial charge >= 0.3 is 5.69 Å². The fourth-order valence-corrected chi connectivity index (χ4v) is 4.01. The van der Waals surface area contributed by atoms with E-state index < -0.39 is 4.92 Å². The van der Waals surface area contributed by atoms with Crippen LogP contribution in [0.15, 0.2) is 42.7 Å². The molecule has 2 aliphatic rings. The molecule has 2 aromatic heterocycles. The van der Waals surface area contributed by atoms with Crippen molar-refractivity contribution >= 4 is 23.1 Å². The van der Waals surface area contributed by atoms with Crippen molar-refractivity contribution < 1.29 is 14.4 Å². The number of hydrogen-bond donors (Lipinski definition) is 1. The molecule has 3 aromatic rings. The van der Waals surface area contributed by atoms with E-state index in [9.17, 15) is 10.1 Å². The molecule has 0 saturated carbocycles. The van der Waals surface area contributed by atoms with Gasteiger partial charge in [-0.15, -0.1) is 0 Å². The van der Waals surface area contributed by atoms with E-state index in [1.807, 2.05) is 42.2 Å². The highest BCUT2D eigenvalue weighted by Crippen LogP contribution is 2.35. The van der Waals surface area contributed by atoms with Crippen LogP contribution in [0.25, 0.3) is 0 Å². The minimum absolute atomic E-state index is 0.130. The number of nitro groups is 1. The number of pyridine rings is 1. The summed E-state index contributed by atoms with van der Waals surface area (Å²) >= 11 is 0. The van der Waals surface area contributed by atoms with Gasteiger partial charge in [0, 0.05) is 38.4 Å². The zero-order valence-electron chi connectivity index (χ0n) is 18.1. The molecule has 170 valence electrons. The number of benzene rings is 1. The smallest absolute Gasteiger partial charge is 0.353 e. The van der Waals surface area contributed by atoms with Crippen LogP contribution in [-0.4, -0.2) is 57.7 Å². The average Bonchev–Trinajstić information content (AvgIpc) is 3.27. The quantitative estimate of drug-likeness (QED) is 0.444. The molecular formula is C22H23N7O4. The van der Waals surface area contributed by atoms with Gasteiger partial charge in [0.1, 0.15) is 12.1 Å². The van der Waals surface area contributed by atoms with Crippen LogP contribution in [0.4, 0.5) is 23.1 Å². The van der Waals surface area contributed by atoms with Gasteiger partial charge < -0.3 is 19.7 Å². The van der Waals surface area contributed by atoms with Crippen molar-refractivity contribution in [2.75, 3.05) is 43.2 Å². The highest BCUT2D eigenvalue weighted by Gasteiger charge is 2.29. The third-order valence-corrected chi connectivity index (χ3v) is 5.64. The van der Waals surface area contributed by atoms with Gasteiger partial charge in [0.05, 0.1) is 4.92 Å². The Hall–Kier alpha value is -3.99. The van der Waals surface area contributed by atoms with E-state index in [-0.39, 0.29) is 18.3 Å². The third kappa shape index (κ3) is 4.48. The average molecular weight is 449 g/mol. The highest BCUT2D eigenvalue weighted by atomic mass is 16.7. The van der Waals surface area contributed by atoms with E-state index in [0.29, 0.717) is 24.7 Å². The fourth-order valence-electron chi connectivity index (χ4n) is 4.01. The molecule has 1 saturated heterocycles. The van der Waals surface area contributed by atoms with Crippen molar-refractivity contribution in [1.29, 1.82) is 0 Å². The van der Waals surface area contributed by atoms with Crippen LogP contribution in [0.2, 0.25) is 0 Å². The monoisotopic (exact) mass is 449 g/mol. The number of anilines is 3. The minimum Gasteiger partial charge on any atom is -0.454 e. The molecule has 1 N–H and O–H groups in total. The standard InChI is InChI=1S/C22H23N7O4/c1-15-3-2-4-19(25-15)26-21-20(29(30)31)22(24-13-23-21)28-9-7-27(8-10-28)12-16-5-6-17-18(11-16)33-14-32-17/h2-6,11,13H,7-10,12,14H2,1H3,(H,23,24,25,26). The lowest BCUT2D eigenvalue weighted by Crippen LogP contribution is -2.46. The normalized spacial score (nSPS) is 15.5. The summed E-state index contributed by atoms with van der Waals surface area (Å²) in [5.41, 5.74) is 1.79. The summed E-state index contributed by atoms with van der Waals surface area (Å²) in [4.78, 5) is 28.5. The molecule has 0 unspecified atom stereocenters. The molecule has 0 spiro atoms. The number of hydrogen-bond acceptors (Lipinski definition) is 10. The van der Waals surface area contributed by atoms with E-state index >= 15 is 0 Å². The summed E-state index contributed by atoms with van der Waals surface area (Å²) in [6, 6.07) is 11.4. The zero-order chi connectivity index (χ0) is 22.8. The van der Waals surface area contributed by atoms with E-state index in [0.717, 1.165) is 42.4 Å². The lowest BCUT2D eigenvalue weighted by molar-refractivity contribution is -0.383. The van der Waals surface area contributed by atoms with E-state index in [2.05, 4.69) is 25.2 Å². The number of fused-ring (bicyclic) bond motifs is 1. The molecule has 11 heteroatoms. The van der Waals surface area contributed by atoms with Crippen molar-refractivity contribution in [2.45, 2.75) is 13.5 Å². The number of aromatic nitrogens is 3. The Morgan fingerprint density at radius 1 is 1.09 bits per heavy atom. The summed E-state index contributed by atoms with van der Waals surface area (Å²) in [6.07, 6.45) is 1.35. The van der Waals surface area contributed by atoms with Crippen LogP contribution in [0.3, 0.4) is 0 Å². The first-order chi connectivity index (χ1) is 16.1. The van der Waals surface area contributed by atoms with Gasteiger partial charge in [0.2, 0.25) is 18.4 Å². The van der Waals surface area contributed by atoms with Crippen LogP contribution in [-0.2, 0) is 6.54 Å². The van der Waals surface area contributed by atoms with E-state index in [1.54, 1.807) is 6.07 Å². The molecular weight excluding hydrogens is 426 g/mol. The number of aryl methyl sites for hydroxylation is 1. The van der Waals surface area contributed by atoms with Gasteiger partial charge in [-0.05, 0) is 36.8 Å².